The molecule has 0 bridgehead atoms. The molecule has 1 N–H and O–H groups in total. The molecule has 0 aliphatic rings. The van der Waals surface area contributed by atoms with Crippen LogP contribution in [-0.2, 0) is 19.4 Å². The number of nitrogens with one attached hydrogen (secondary N) is 1. The third-order valence-electron chi connectivity index (χ3n) is 2.46. The quantitative estimate of drug-likeness (QED) is 0.790. The van der Waals surface area contributed by atoms with Crippen molar-refractivity contribution in [3.8, 4) is 0 Å². The molecule has 0 aromatic carbocycles. The fourth-order valence-electron chi connectivity index (χ4n) is 1.65. The van der Waals surface area contributed by atoms with Crippen LogP contribution in [0.15, 0.2) is 0 Å². The highest BCUT2D eigenvalue weighted by atomic mass is 32.1. The number of aryl methyl sites for hydroxylation is 2. The Bertz CT molecular complexity index is 305. The van der Waals surface area contributed by atoms with Gasteiger partial charge in [0, 0.05) is 11.4 Å². The van der Waals surface area contributed by atoms with Crippen LogP contribution in [-0.4, -0.2) is 11.5 Å². The Hall–Kier alpha value is -0.410. The zero-order valence-corrected chi connectivity index (χ0v) is 11.8. The summed E-state index contributed by atoms with van der Waals surface area (Å²) in [6, 6.07) is 0. The highest BCUT2D eigenvalue weighted by Crippen LogP contribution is 2.20. The van der Waals surface area contributed by atoms with Crippen molar-refractivity contribution in [2.45, 2.75) is 53.5 Å². The van der Waals surface area contributed by atoms with Gasteiger partial charge >= 0.3 is 0 Å². The Morgan fingerprint density at radius 1 is 1.31 bits per heavy atom. The van der Waals surface area contributed by atoms with Crippen molar-refractivity contribution in [1.29, 1.82) is 0 Å². The Labute approximate surface area is 103 Å². The standard InChI is InChI=1S/C13H24N2S/c1-5-7-13-15-11(6-2)12(16-13)9-14-8-10(3)4/h10,14H,5-9H2,1-4H3. The molecule has 2 nitrogen and oxygen atoms in total. The number of thiazole rings is 1. The molecule has 0 unspecified atom stereocenters. The first-order valence-electron chi connectivity index (χ1n) is 6.35. The smallest absolute Gasteiger partial charge is 0.0931 e. The highest BCUT2D eigenvalue weighted by Gasteiger charge is 2.08. The average Bonchev–Trinajstić information content (AvgIpc) is 2.60. The summed E-state index contributed by atoms with van der Waals surface area (Å²) >= 11 is 1.89. The number of rotatable bonds is 7. The van der Waals surface area contributed by atoms with Crippen molar-refractivity contribution < 1.29 is 0 Å². The third kappa shape index (κ3) is 4.22. The maximum atomic E-state index is 4.69. The van der Waals surface area contributed by atoms with E-state index in [9.17, 15) is 0 Å². The average molecular weight is 240 g/mol. The van der Waals surface area contributed by atoms with E-state index < -0.39 is 0 Å². The molecule has 0 saturated heterocycles. The predicted molar refractivity (Wildman–Crippen MR) is 72.0 cm³/mol. The molecule has 92 valence electrons. The van der Waals surface area contributed by atoms with E-state index in [-0.39, 0.29) is 0 Å². The molecular formula is C13H24N2S. The van der Waals surface area contributed by atoms with E-state index in [1.807, 2.05) is 11.3 Å². The Morgan fingerprint density at radius 3 is 2.62 bits per heavy atom. The lowest BCUT2D eigenvalue weighted by molar-refractivity contribution is 0.553. The molecule has 0 amide bonds. The van der Waals surface area contributed by atoms with Crippen molar-refractivity contribution in [1.82, 2.24) is 10.3 Å². The number of aromatic nitrogens is 1. The molecule has 3 heteroatoms. The summed E-state index contributed by atoms with van der Waals surface area (Å²) < 4.78 is 0. The van der Waals surface area contributed by atoms with Crippen LogP contribution in [0.25, 0.3) is 0 Å². The summed E-state index contributed by atoms with van der Waals surface area (Å²) in [5.74, 6) is 0.716. The third-order valence-corrected chi connectivity index (χ3v) is 3.62. The van der Waals surface area contributed by atoms with Gasteiger partial charge in [-0.05, 0) is 31.7 Å². The molecule has 0 saturated carbocycles. The number of hydrogen-bond acceptors (Lipinski definition) is 3. The van der Waals surface area contributed by atoms with Gasteiger partial charge in [-0.1, -0.05) is 27.7 Å². The Morgan fingerprint density at radius 2 is 2.06 bits per heavy atom. The minimum Gasteiger partial charge on any atom is -0.312 e. The molecule has 0 atom stereocenters. The zero-order valence-electron chi connectivity index (χ0n) is 11.0. The molecule has 0 fully saturated rings. The minimum atomic E-state index is 0.716. The molecule has 1 rings (SSSR count). The van der Waals surface area contributed by atoms with Gasteiger partial charge in [-0.25, -0.2) is 4.98 Å². The van der Waals surface area contributed by atoms with Crippen LogP contribution >= 0.6 is 11.3 Å². The van der Waals surface area contributed by atoms with Crippen LogP contribution in [0, 0.1) is 5.92 Å². The van der Waals surface area contributed by atoms with Gasteiger partial charge in [0.05, 0.1) is 10.7 Å². The van der Waals surface area contributed by atoms with Crippen molar-refractivity contribution in [3.05, 3.63) is 15.6 Å². The summed E-state index contributed by atoms with van der Waals surface area (Å²) in [5, 5.41) is 4.81. The van der Waals surface area contributed by atoms with Gasteiger partial charge in [0.1, 0.15) is 0 Å². The fourth-order valence-corrected chi connectivity index (χ4v) is 2.87. The van der Waals surface area contributed by atoms with E-state index >= 15 is 0 Å². The van der Waals surface area contributed by atoms with Crippen LogP contribution < -0.4 is 5.32 Å². The second-order valence-electron chi connectivity index (χ2n) is 4.61. The Balaban J connectivity index is 2.55. The molecule has 16 heavy (non-hydrogen) atoms. The molecule has 0 radical (unpaired) electrons. The summed E-state index contributed by atoms with van der Waals surface area (Å²) in [6.45, 7) is 11.0. The van der Waals surface area contributed by atoms with E-state index in [0.717, 1.165) is 25.9 Å². The predicted octanol–water partition coefficient (Wildman–Crippen LogP) is 3.40. The summed E-state index contributed by atoms with van der Waals surface area (Å²) in [4.78, 5) is 6.13. The van der Waals surface area contributed by atoms with Gasteiger partial charge in [-0.2, -0.15) is 0 Å². The minimum absolute atomic E-state index is 0.716. The van der Waals surface area contributed by atoms with Gasteiger partial charge in [0.25, 0.3) is 0 Å². The van der Waals surface area contributed by atoms with E-state index in [0.29, 0.717) is 5.92 Å². The monoisotopic (exact) mass is 240 g/mol. The van der Waals surface area contributed by atoms with E-state index in [1.54, 1.807) is 0 Å². The Kier molecular flexibility index (Phi) is 5.99. The maximum Gasteiger partial charge on any atom is 0.0931 e. The molecule has 1 aromatic rings. The van der Waals surface area contributed by atoms with Crippen LogP contribution in [0.2, 0.25) is 0 Å². The SMILES string of the molecule is CCCc1nc(CC)c(CNCC(C)C)s1. The molecule has 0 aliphatic carbocycles. The normalized spacial score (nSPS) is 11.3. The second kappa shape index (κ2) is 7.02. The van der Waals surface area contributed by atoms with E-state index in [1.165, 1.54) is 22.0 Å². The van der Waals surface area contributed by atoms with Gasteiger partial charge in [-0.3, -0.25) is 0 Å². The van der Waals surface area contributed by atoms with Crippen LogP contribution in [0.5, 0.6) is 0 Å². The summed E-state index contributed by atoms with van der Waals surface area (Å²) in [5.41, 5.74) is 1.30. The lowest BCUT2D eigenvalue weighted by Gasteiger charge is -2.06. The summed E-state index contributed by atoms with van der Waals surface area (Å²) in [7, 11) is 0. The maximum absolute atomic E-state index is 4.69. The van der Waals surface area contributed by atoms with Gasteiger partial charge < -0.3 is 5.32 Å². The number of hydrogen-bond donors (Lipinski definition) is 1. The lowest BCUT2D eigenvalue weighted by atomic mass is 10.2. The van der Waals surface area contributed by atoms with Crippen LogP contribution in [0.3, 0.4) is 0 Å². The molecule has 0 aliphatic heterocycles. The van der Waals surface area contributed by atoms with Crippen LogP contribution in [0.4, 0.5) is 0 Å². The topological polar surface area (TPSA) is 24.9 Å². The number of nitrogens with zero attached hydrogens (tertiary/aromatic N) is 1. The van der Waals surface area contributed by atoms with Crippen molar-refractivity contribution >= 4 is 11.3 Å². The molecule has 0 spiro atoms. The van der Waals surface area contributed by atoms with E-state index in [2.05, 4.69) is 33.0 Å². The van der Waals surface area contributed by atoms with Crippen LogP contribution in [0.1, 0.15) is 49.7 Å². The van der Waals surface area contributed by atoms with Gasteiger partial charge in [0.2, 0.25) is 0 Å². The first-order valence-corrected chi connectivity index (χ1v) is 7.17. The van der Waals surface area contributed by atoms with Gasteiger partial charge in [0.15, 0.2) is 0 Å². The second-order valence-corrected chi connectivity index (χ2v) is 5.77. The van der Waals surface area contributed by atoms with Crippen molar-refractivity contribution in [3.63, 3.8) is 0 Å². The van der Waals surface area contributed by atoms with Crippen molar-refractivity contribution in [2.24, 2.45) is 5.92 Å². The van der Waals surface area contributed by atoms with Gasteiger partial charge in [-0.15, -0.1) is 11.3 Å². The first-order chi connectivity index (χ1) is 7.67. The van der Waals surface area contributed by atoms with Crippen molar-refractivity contribution in [2.75, 3.05) is 6.54 Å². The van der Waals surface area contributed by atoms with E-state index in [4.69, 9.17) is 4.98 Å². The first kappa shape index (κ1) is 13.7. The molecule has 1 aromatic heterocycles. The molecule has 1 heterocycles. The highest BCUT2D eigenvalue weighted by molar-refractivity contribution is 7.11. The fraction of sp³-hybridized carbons (Fsp3) is 0.769. The summed E-state index contributed by atoms with van der Waals surface area (Å²) in [6.07, 6.45) is 3.37. The zero-order chi connectivity index (χ0) is 12.0. The lowest BCUT2D eigenvalue weighted by Crippen LogP contribution is -2.18. The largest absolute Gasteiger partial charge is 0.312 e. The molecular weight excluding hydrogens is 216 g/mol.